The fraction of sp³-hybridized carbons (Fsp3) is 0.558. The molecule has 314 valence electrons. The Labute approximate surface area is 336 Å². The maximum absolute atomic E-state index is 15.4. The zero-order chi connectivity index (χ0) is 42.0. The van der Waals surface area contributed by atoms with Gasteiger partial charge in [0, 0.05) is 60.7 Å². The van der Waals surface area contributed by atoms with Crippen LogP contribution < -0.4 is 10.6 Å². The van der Waals surface area contributed by atoms with Crippen LogP contribution in [0.15, 0.2) is 36.4 Å². The summed E-state index contributed by atoms with van der Waals surface area (Å²) < 4.78 is 62.0. The van der Waals surface area contributed by atoms with E-state index in [1.54, 1.807) is 44.5 Å². The van der Waals surface area contributed by atoms with Crippen molar-refractivity contribution in [3.63, 3.8) is 0 Å². The Bertz CT molecular complexity index is 2010. The van der Waals surface area contributed by atoms with Gasteiger partial charge in [0.1, 0.15) is 35.8 Å². The topological polar surface area (TPSA) is 132 Å². The molecule has 2 aromatic heterocycles. The van der Waals surface area contributed by atoms with Crippen molar-refractivity contribution in [1.82, 2.24) is 35.0 Å². The van der Waals surface area contributed by atoms with Crippen LogP contribution in [0, 0.1) is 23.5 Å². The monoisotopic (exact) mass is 809 g/mol. The average Bonchev–Trinajstić information content (AvgIpc) is 3.96. The van der Waals surface area contributed by atoms with Crippen LogP contribution >= 0.6 is 0 Å². The van der Waals surface area contributed by atoms with Crippen molar-refractivity contribution in [2.45, 2.75) is 123 Å². The number of imidazole rings is 1. The van der Waals surface area contributed by atoms with Crippen LogP contribution in [0.1, 0.15) is 78.7 Å². The SMILES string of the molecule is CC[C@H](CC(=O)[C@H](C)NC)C(=O)N1C[C@@H](F)C[C@H]1Cc1c(-c2nc3cc(F)ccc3n2C[C@@H]2C[C@H](F)CN2C(=O)[C@H](CC)NC(=O)[C@H](C)CC)[nH]c2cc(F)ccc12. The minimum atomic E-state index is -1.33. The van der Waals surface area contributed by atoms with Crippen LogP contribution in [0.4, 0.5) is 17.6 Å². The molecule has 2 fully saturated rings. The van der Waals surface area contributed by atoms with E-state index in [-0.39, 0.29) is 68.8 Å². The number of benzene rings is 2. The third-order valence-corrected chi connectivity index (χ3v) is 12.2. The van der Waals surface area contributed by atoms with Crippen LogP contribution in [-0.4, -0.2) is 104 Å². The molecular weight excluding hydrogens is 755 g/mol. The highest BCUT2D eigenvalue weighted by molar-refractivity contribution is 5.93. The molecule has 0 saturated carbocycles. The number of halogens is 4. The van der Waals surface area contributed by atoms with Gasteiger partial charge in [-0.05, 0) is 75.5 Å². The van der Waals surface area contributed by atoms with E-state index in [2.05, 4.69) is 15.6 Å². The number of fused-ring (bicyclic) bond motifs is 2. The molecule has 6 rings (SSSR count). The number of aromatic amines is 1. The Morgan fingerprint density at radius 3 is 2.19 bits per heavy atom. The van der Waals surface area contributed by atoms with Crippen molar-refractivity contribution >= 4 is 45.4 Å². The second-order valence-electron chi connectivity index (χ2n) is 16.1. The van der Waals surface area contributed by atoms with Crippen LogP contribution in [0.3, 0.4) is 0 Å². The van der Waals surface area contributed by atoms with Crippen LogP contribution in [-0.2, 0) is 32.1 Å². The maximum atomic E-state index is 15.4. The predicted octanol–water partition coefficient (Wildman–Crippen LogP) is 6.42. The number of alkyl halides is 2. The largest absolute Gasteiger partial charge is 0.352 e. The summed E-state index contributed by atoms with van der Waals surface area (Å²) in [6.45, 7) is 8.75. The summed E-state index contributed by atoms with van der Waals surface area (Å²) in [4.78, 5) is 64.9. The fourth-order valence-corrected chi connectivity index (χ4v) is 8.44. The van der Waals surface area contributed by atoms with E-state index in [1.807, 2.05) is 13.8 Å². The van der Waals surface area contributed by atoms with Gasteiger partial charge in [-0.2, -0.15) is 0 Å². The second kappa shape index (κ2) is 18.0. The van der Waals surface area contributed by atoms with Gasteiger partial charge in [-0.25, -0.2) is 22.5 Å². The molecule has 0 unspecified atom stereocenters. The lowest BCUT2D eigenvalue weighted by molar-refractivity contribution is -0.139. The highest BCUT2D eigenvalue weighted by Gasteiger charge is 2.41. The number of likely N-dealkylation sites (tertiary alicyclic amines) is 2. The van der Waals surface area contributed by atoms with Crippen molar-refractivity contribution in [2.24, 2.45) is 11.8 Å². The maximum Gasteiger partial charge on any atom is 0.245 e. The first-order valence-corrected chi connectivity index (χ1v) is 20.5. The fourth-order valence-electron chi connectivity index (χ4n) is 8.44. The summed E-state index contributed by atoms with van der Waals surface area (Å²) in [7, 11) is 1.67. The first-order valence-electron chi connectivity index (χ1n) is 20.5. The Morgan fingerprint density at radius 2 is 1.53 bits per heavy atom. The summed E-state index contributed by atoms with van der Waals surface area (Å²) in [6.07, 6.45) is -1.13. The van der Waals surface area contributed by atoms with Crippen LogP contribution in [0.25, 0.3) is 33.5 Å². The molecule has 0 spiro atoms. The Morgan fingerprint density at radius 1 is 0.879 bits per heavy atom. The number of ketones is 1. The quantitative estimate of drug-likeness (QED) is 0.112. The zero-order valence-corrected chi connectivity index (χ0v) is 34.1. The van der Waals surface area contributed by atoms with Crippen molar-refractivity contribution in [2.75, 3.05) is 20.1 Å². The number of nitrogens with one attached hydrogen (secondary N) is 3. The summed E-state index contributed by atoms with van der Waals surface area (Å²) in [6, 6.07) is 5.79. The van der Waals surface area contributed by atoms with E-state index in [0.29, 0.717) is 58.3 Å². The molecule has 11 nitrogen and oxygen atoms in total. The summed E-state index contributed by atoms with van der Waals surface area (Å²) in [5, 5.41) is 6.37. The number of hydrogen-bond donors (Lipinski definition) is 3. The molecule has 15 heteroatoms. The van der Waals surface area contributed by atoms with Gasteiger partial charge in [-0.3, -0.25) is 19.2 Å². The normalized spacial score (nSPS) is 21.8. The van der Waals surface area contributed by atoms with E-state index in [1.165, 1.54) is 34.1 Å². The third-order valence-electron chi connectivity index (χ3n) is 12.2. The van der Waals surface area contributed by atoms with Crippen molar-refractivity contribution < 1.29 is 36.7 Å². The first-order chi connectivity index (χ1) is 27.7. The summed E-state index contributed by atoms with van der Waals surface area (Å²) in [5.41, 5.74) is 2.27. The van der Waals surface area contributed by atoms with E-state index < -0.39 is 60.0 Å². The molecule has 4 heterocycles. The number of carbonyl (C=O) groups excluding carboxylic acids is 4. The number of H-pyrrole nitrogens is 1. The molecule has 2 aliphatic rings. The molecule has 0 bridgehead atoms. The zero-order valence-electron chi connectivity index (χ0n) is 34.1. The number of Topliss-reactive ketones (excluding diaryl/α,β-unsaturated/α-hetero) is 1. The van der Waals surface area contributed by atoms with Gasteiger partial charge in [0.2, 0.25) is 17.7 Å². The molecule has 2 aliphatic heterocycles. The molecule has 58 heavy (non-hydrogen) atoms. The standard InChI is InChI=1S/C43H55F4N7O4/c1-7-23(4)41(56)51-34(9-3)43(58)53-21-29(47)16-31(53)22-54-37-13-11-27(45)18-36(37)50-40(54)39-33(32-12-10-26(44)17-35(32)49-39)19-30-15-28(46)20-52(30)42(57)25(8-2)14-38(55)24(5)48-6/h10-13,17-18,23-25,28-31,34,48-49H,7-9,14-16,19-22H2,1-6H3,(H,51,56)/t23-,24+,25-,28+,29+,30+,31+,34+/m1/s1. The molecule has 2 aromatic carbocycles. The first kappa shape index (κ1) is 42.8. The van der Waals surface area contributed by atoms with E-state index >= 15 is 8.78 Å². The van der Waals surface area contributed by atoms with Gasteiger partial charge in [0.15, 0.2) is 5.82 Å². The molecular formula is C43H55F4N7O4. The number of hydrogen-bond acceptors (Lipinski definition) is 6. The molecule has 8 atom stereocenters. The summed E-state index contributed by atoms with van der Waals surface area (Å²) in [5.74, 6) is -2.76. The molecule has 3 N–H and O–H groups in total. The van der Waals surface area contributed by atoms with Crippen molar-refractivity contribution in [1.29, 1.82) is 0 Å². The van der Waals surface area contributed by atoms with Gasteiger partial charge < -0.3 is 30.0 Å². The average molecular weight is 810 g/mol. The van der Waals surface area contributed by atoms with Gasteiger partial charge in [-0.15, -0.1) is 0 Å². The highest BCUT2D eigenvalue weighted by atomic mass is 19.1. The number of nitrogens with zero attached hydrogens (tertiary/aromatic N) is 4. The second-order valence-corrected chi connectivity index (χ2v) is 16.1. The van der Waals surface area contributed by atoms with Gasteiger partial charge in [-0.1, -0.05) is 27.7 Å². The van der Waals surface area contributed by atoms with Gasteiger partial charge >= 0.3 is 0 Å². The molecule has 3 amide bonds. The lowest BCUT2D eigenvalue weighted by atomic mass is 9.94. The molecule has 0 aliphatic carbocycles. The summed E-state index contributed by atoms with van der Waals surface area (Å²) >= 11 is 0. The van der Waals surface area contributed by atoms with Crippen LogP contribution in [0.5, 0.6) is 0 Å². The van der Waals surface area contributed by atoms with E-state index in [4.69, 9.17) is 4.98 Å². The minimum absolute atomic E-state index is 0.0117. The third kappa shape index (κ3) is 8.79. The highest BCUT2D eigenvalue weighted by Crippen LogP contribution is 2.38. The molecule has 2 saturated heterocycles. The predicted molar refractivity (Wildman–Crippen MR) is 214 cm³/mol. The minimum Gasteiger partial charge on any atom is -0.352 e. The molecule has 0 radical (unpaired) electrons. The van der Waals surface area contributed by atoms with Gasteiger partial charge in [0.25, 0.3) is 0 Å². The smallest absolute Gasteiger partial charge is 0.245 e. The van der Waals surface area contributed by atoms with Crippen molar-refractivity contribution in [3.05, 3.63) is 53.6 Å². The lowest BCUT2D eigenvalue weighted by Crippen LogP contribution is -2.51. The van der Waals surface area contributed by atoms with E-state index in [0.717, 1.165) is 0 Å². The number of rotatable bonds is 16. The number of amides is 3. The number of carbonyl (C=O) groups is 4. The van der Waals surface area contributed by atoms with Gasteiger partial charge in [0.05, 0.1) is 41.9 Å². The Hall–Kier alpha value is -4.79. The molecule has 4 aromatic rings. The Kier molecular flexibility index (Phi) is 13.3. The lowest BCUT2D eigenvalue weighted by Gasteiger charge is -2.30. The Balaban J connectivity index is 1.40. The van der Waals surface area contributed by atoms with Crippen molar-refractivity contribution in [3.8, 4) is 11.5 Å². The number of likely N-dealkylation sites (N-methyl/N-ethyl adjacent to an activating group) is 1. The van der Waals surface area contributed by atoms with Crippen LogP contribution in [0.2, 0.25) is 0 Å². The van der Waals surface area contributed by atoms with E-state index in [9.17, 15) is 28.0 Å². The number of aromatic nitrogens is 3.